The van der Waals surface area contributed by atoms with Crippen molar-refractivity contribution in [2.45, 2.75) is 45.3 Å². The van der Waals surface area contributed by atoms with Crippen LogP contribution in [0.15, 0.2) is 23.3 Å². The van der Waals surface area contributed by atoms with Gasteiger partial charge in [0.05, 0.1) is 5.75 Å². The second kappa shape index (κ2) is 7.48. The monoisotopic (exact) mass is 290 g/mol. The molecule has 1 saturated carbocycles. The third-order valence-electron chi connectivity index (χ3n) is 3.30. The summed E-state index contributed by atoms with van der Waals surface area (Å²) in [6.45, 7) is 4.21. The van der Waals surface area contributed by atoms with E-state index < -0.39 is 0 Å². The van der Waals surface area contributed by atoms with E-state index >= 15 is 0 Å². The number of nitrogens with one attached hydrogen (secondary N) is 1. The molecule has 0 unspecified atom stereocenters. The molecule has 0 aromatic heterocycles. The molecule has 1 fully saturated rings. The van der Waals surface area contributed by atoms with E-state index in [4.69, 9.17) is 0 Å². The van der Waals surface area contributed by atoms with Crippen LogP contribution < -0.4 is 5.43 Å². The summed E-state index contributed by atoms with van der Waals surface area (Å²) in [5.41, 5.74) is 7.63. The maximum Gasteiger partial charge on any atom is 0.250 e. The minimum Gasteiger partial charge on any atom is -0.272 e. The maximum atomic E-state index is 11.7. The fraction of sp³-hybridized carbons (Fsp3) is 0.500. The van der Waals surface area contributed by atoms with Crippen molar-refractivity contribution >= 4 is 23.4 Å². The highest BCUT2D eigenvalue weighted by Gasteiger charge is 2.08. The number of carbonyl (C=O) groups excluding carboxylic acids is 1. The number of hydrogen-bond acceptors (Lipinski definition) is 3. The quantitative estimate of drug-likeness (QED) is 0.842. The van der Waals surface area contributed by atoms with E-state index in [2.05, 4.69) is 42.6 Å². The first-order valence-electron chi connectivity index (χ1n) is 7.12. The Hall–Kier alpha value is -1.29. The summed E-state index contributed by atoms with van der Waals surface area (Å²) < 4.78 is 0. The lowest BCUT2D eigenvalue weighted by molar-refractivity contribution is -0.118. The third-order valence-corrected chi connectivity index (χ3v) is 4.31. The van der Waals surface area contributed by atoms with Gasteiger partial charge in [-0.15, -0.1) is 11.8 Å². The van der Waals surface area contributed by atoms with Crippen LogP contribution in [0.3, 0.4) is 0 Å². The lowest BCUT2D eigenvalue weighted by Gasteiger charge is -2.05. The highest BCUT2D eigenvalue weighted by Crippen LogP contribution is 2.16. The van der Waals surface area contributed by atoms with Crippen molar-refractivity contribution in [3.8, 4) is 0 Å². The van der Waals surface area contributed by atoms with Gasteiger partial charge in [0.2, 0.25) is 5.91 Å². The molecule has 0 aliphatic heterocycles. The molecular weight excluding hydrogens is 268 g/mol. The number of carbonyl (C=O) groups is 1. The average Bonchev–Trinajstić information content (AvgIpc) is 2.88. The predicted octanol–water partition coefficient (Wildman–Crippen LogP) is 3.58. The minimum atomic E-state index is -0.00113. The molecule has 1 aliphatic rings. The predicted molar refractivity (Wildman–Crippen MR) is 86.1 cm³/mol. The summed E-state index contributed by atoms with van der Waals surface area (Å²) in [5, 5.41) is 4.18. The van der Waals surface area contributed by atoms with Crippen LogP contribution in [-0.2, 0) is 10.5 Å². The molecule has 20 heavy (non-hydrogen) atoms. The van der Waals surface area contributed by atoms with Gasteiger partial charge in [-0.1, -0.05) is 29.3 Å². The Morgan fingerprint density at radius 2 is 1.85 bits per heavy atom. The molecule has 1 aromatic rings. The first-order valence-corrected chi connectivity index (χ1v) is 8.28. The van der Waals surface area contributed by atoms with E-state index in [1.807, 2.05) is 0 Å². The second-order valence-corrected chi connectivity index (χ2v) is 6.39. The van der Waals surface area contributed by atoms with Gasteiger partial charge in [0.25, 0.3) is 0 Å². The molecule has 3 nitrogen and oxygen atoms in total. The summed E-state index contributed by atoms with van der Waals surface area (Å²) >= 11 is 1.63. The molecule has 0 radical (unpaired) electrons. The summed E-state index contributed by atoms with van der Waals surface area (Å²) in [4.78, 5) is 11.7. The van der Waals surface area contributed by atoms with Crippen LogP contribution in [0.2, 0.25) is 0 Å². The zero-order chi connectivity index (χ0) is 14.4. The molecule has 1 aliphatic carbocycles. The normalized spacial score (nSPS) is 14.4. The van der Waals surface area contributed by atoms with Crippen molar-refractivity contribution in [3.05, 3.63) is 34.9 Å². The van der Waals surface area contributed by atoms with Crippen molar-refractivity contribution in [1.29, 1.82) is 0 Å². The van der Waals surface area contributed by atoms with Gasteiger partial charge in [0, 0.05) is 11.5 Å². The number of aryl methyl sites for hydroxylation is 2. The number of benzene rings is 1. The van der Waals surface area contributed by atoms with Crippen LogP contribution in [0, 0.1) is 13.8 Å². The second-order valence-electron chi connectivity index (χ2n) is 5.41. The zero-order valence-electron chi connectivity index (χ0n) is 12.2. The van der Waals surface area contributed by atoms with Crippen LogP contribution >= 0.6 is 11.8 Å². The van der Waals surface area contributed by atoms with E-state index in [-0.39, 0.29) is 5.91 Å². The number of hydrogen-bond donors (Lipinski definition) is 1. The topological polar surface area (TPSA) is 41.5 Å². The number of thioether (sulfide) groups is 1. The summed E-state index contributed by atoms with van der Waals surface area (Å²) in [7, 11) is 0. The van der Waals surface area contributed by atoms with Crippen molar-refractivity contribution in [2.75, 3.05) is 5.75 Å². The molecule has 2 rings (SSSR count). The molecule has 1 N–H and O–H groups in total. The van der Waals surface area contributed by atoms with Gasteiger partial charge >= 0.3 is 0 Å². The van der Waals surface area contributed by atoms with Crippen LogP contribution in [-0.4, -0.2) is 17.4 Å². The largest absolute Gasteiger partial charge is 0.272 e. The molecule has 0 saturated heterocycles. The first kappa shape index (κ1) is 15.1. The van der Waals surface area contributed by atoms with Gasteiger partial charge in [-0.3, -0.25) is 4.79 Å². The highest BCUT2D eigenvalue weighted by molar-refractivity contribution is 7.99. The highest BCUT2D eigenvalue weighted by atomic mass is 32.2. The third kappa shape index (κ3) is 5.00. The minimum absolute atomic E-state index is 0.00113. The number of hydrazone groups is 1. The van der Waals surface area contributed by atoms with Crippen molar-refractivity contribution in [3.63, 3.8) is 0 Å². The zero-order valence-corrected chi connectivity index (χ0v) is 13.1. The van der Waals surface area contributed by atoms with Crippen molar-refractivity contribution in [1.82, 2.24) is 5.43 Å². The standard InChI is InChI=1S/C16H22N2OS/c1-12-7-13(2)9-14(8-12)10-20-11-16(19)18-17-15-5-3-4-6-15/h7-9H,3-6,10-11H2,1-2H3,(H,18,19). The molecule has 0 atom stereocenters. The Bertz CT molecular complexity index is 483. The number of amides is 1. The van der Waals surface area contributed by atoms with Gasteiger partial charge in [0.1, 0.15) is 0 Å². The van der Waals surface area contributed by atoms with Gasteiger partial charge in [-0.2, -0.15) is 5.10 Å². The van der Waals surface area contributed by atoms with E-state index in [1.54, 1.807) is 11.8 Å². The molecule has 0 spiro atoms. The first-order chi connectivity index (χ1) is 9.63. The Balaban J connectivity index is 1.72. The van der Waals surface area contributed by atoms with Crippen LogP contribution in [0.4, 0.5) is 0 Å². The molecule has 1 amide bonds. The molecule has 0 heterocycles. The number of nitrogens with zero attached hydrogens (tertiary/aromatic N) is 1. The SMILES string of the molecule is Cc1cc(C)cc(CSCC(=O)NN=C2CCCC2)c1. The Morgan fingerprint density at radius 1 is 1.20 bits per heavy atom. The molecule has 4 heteroatoms. The fourth-order valence-corrected chi connectivity index (χ4v) is 3.24. The molecule has 108 valence electrons. The molecule has 1 aromatic carbocycles. The maximum absolute atomic E-state index is 11.7. The van der Waals surface area contributed by atoms with Crippen LogP contribution in [0.5, 0.6) is 0 Å². The summed E-state index contributed by atoms with van der Waals surface area (Å²) in [6.07, 6.45) is 4.48. The van der Waals surface area contributed by atoms with Crippen LogP contribution in [0.25, 0.3) is 0 Å². The van der Waals surface area contributed by atoms with Gasteiger partial charge in [-0.25, -0.2) is 5.43 Å². The van der Waals surface area contributed by atoms with E-state index in [0.29, 0.717) is 5.75 Å². The van der Waals surface area contributed by atoms with Gasteiger partial charge in [-0.05, 0) is 45.1 Å². The van der Waals surface area contributed by atoms with Gasteiger partial charge < -0.3 is 0 Å². The summed E-state index contributed by atoms with van der Waals surface area (Å²) in [6, 6.07) is 6.52. The fourth-order valence-electron chi connectivity index (χ4n) is 2.48. The lowest BCUT2D eigenvalue weighted by Crippen LogP contribution is -2.21. The molecule has 0 bridgehead atoms. The Kier molecular flexibility index (Phi) is 5.65. The van der Waals surface area contributed by atoms with Crippen molar-refractivity contribution < 1.29 is 4.79 Å². The number of rotatable bonds is 5. The van der Waals surface area contributed by atoms with Gasteiger partial charge in [0.15, 0.2) is 0 Å². The smallest absolute Gasteiger partial charge is 0.250 e. The average molecular weight is 290 g/mol. The van der Waals surface area contributed by atoms with Crippen molar-refractivity contribution in [2.24, 2.45) is 5.10 Å². The summed E-state index contributed by atoms with van der Waals surface area (Å²) in [5.74, 6) is 1.33. The van der Waals surface area contributed by atoms with E-state index in [9.17, 15) is 4.79 Å². The van der Waals surface area contributed by atoms with E-state index in [0.717, 1.165) is 24.3 Å². The lowest BCUT2D eigenvalue weighted by atomic mass is 10.1. The molecular formula is C16H22N2OS. The van der Waals surface area contributed by atoms with Crippen LogP contribution in [0.1, 0.15) is 42.4 Å². The Labute approximate surface area is 125 Å². The van der Waals surface area contributed by atoms with E-state index in [1.165, 1.54) is 29.5 Å². The Morgan fingerprint density at radius 3 is 2.50 bits per heavy atom.